The van der Waals surface area contributed by atoms with Crippen molar-refractivity contribution in [3.8, 4) is 0 Å². The number of amidine groups is 1. The number of hydrogen-bond acceptors (Lipinski definition) is 1. The first-order valence-corrected chi connectivity index (χ1v) is 3.20. The fourth-order valence-corrected chi connectivity index (χ4v) is 0.560. The highest BCUT2D eigenvalue weighted by molar-refractivity contribution is 5.80. The van der Waals surface area contributed by atoms with Crippen LogP contribution in [0.1, 0.15) is 13.8 Å². The van der Waals surface area contributed by atoms with Crippen molar-refractivity contribution < 1.29 is 0 Å². The Balaban J connectivity index is 3.90. The van der Waals surface area contributed by atoms with Crippen LogP contribution in [0, 0.1) is 0 Å². The Hall–Kier alpha value is -1.05. The summed E-state index contributed by atoms with van der Waals surface area (Å²) in [7, 11) is 1.75. The molecule has 0 saturated carbocycles. The van der Waals surface area contributed by atoms with Gasteiger partial charge in [0.05, 0.1) is 5.84 Å². The third-order valence-corrected chi connectivity index (χ3v) is 1.08. The molecule has 2 heteroatoms. The summed E-state index contributed by atoms with van der Waals surface area (Å²) in [5.74, 6) is 0.913. The molecular weight excluding hydrogens is 124 g/mol. The van der Waals surface area contributed by atoms with Crippen LogP contribution in [0.3, 0.4) is 0 Å². The molecule has 0 atom stereocenters. The van der Waals surface area contributed by atoms with Crippen molar-refractivity contribution in [1.82, 2.24) is 5.32 Å². The Labute approximate surface area is 62.4 Å². The Bertz CT molecular complexity index is 166. The molecule has 0 radical (unpaired) electrons. The monoisotopic (exact) mass is 138 g/mol. The van der Waals surface area contributed by atoms with E-state index < -0.39 is 0 Å². The van der Waals surface area contributed by atoms with Crippen molar-refractivity contribution in [2.24, 2.45) is 4.99 Å². The van der Waals surface area contributed by atoms with E-state index in [-0.39, 0.29) is 0 Å². The second kappa shape index (κ2) is 4.79. The summed E-state index contributed by atoms with van der Waals surface area (Å²) in [5, 5.41) is 3.07. The number of allylic oxidation sites excluding steroid dienone is 3. The van der Waals surface area contributed by atoms with Gasteiger partial charge in [0, 0.05) is 12.7 Å². The second-order valence-electron chi connectivity index (χ2n) is 2.02. The Morgan fingerprint density at radius 1 is 1.50 bits per heavy atom. The van der Waals surface area contributed by atoms with Gasteiger partial charge in [-0.25, -0.2) is 0 Å². The zero-order valence-corrected chi connectivity index (χ0v) is 6.81. The van der Waals surface area contributed by atoms with E-state index in [0.717, 1.165) is 11.5 Å². The van der Waals surface area contributed by atoms with Gasteiger partial charge >= 0.3 is 0 Å². The van der Waals surface area contributed by atoms with E-state index in [1.165, 1.54) is 0 Å². The van der Waals surface area contributed by atoms with Gasteiger partial charge < -0.3 is 5.32 Å². The minimum Gasteiger partial charge on any atom is -0.348 e. The van der Waals surface area contributed by atoms with E-state index in [4.69, 9.17) is 0 Å². The molecule has 0 fully saturated rings. The predicted molar refractivity (Wildman–Crippen MR) is 46.1 cm³/mol. The third kappa shape index (κ3) is 3.89. The summed E-state index contributed by atoms with van der Waals surface area (Å²) in [6.07, 6.45) is 3.64. The summed E-state index contributed by atoms with van der Waals surface area (Å²) < 4.78 is 0. The maximum Gasteiger partial charge on any atom is 0.0969 e. The third-order valence-electron chi connectivity index (χ3n) is 1.08. The largest absolute Gasteiger partial charge is 0.348 e. The van der Waals surface area contributed by atoms with Crippen LogP contribution in [-0.4, -0.2) is 12.9 Å². The van der Waals surface area contributed by atoms with Gasteiger partial charge in [0.2, 0.25) is 0 Å². The lowest BCUT2D eigenvalue weighted by Crippen LogP contribution is -2.17. The molecule has 0 heterocycles. The van der Waals surface area contributed by atoms with E-state index in [2.05, 4.69) is 16.9 Å². The Kier molecular flexibility index (Phi) is 4.29. The molecule has 0 bridgehead atoms. The molecule has 0 aliphatic carbocycles. The van der Waals surface area contributed by atoms with Gasteiger partial charge in [-0.05, 0) is 19.9 Å². The molecule has 1 N–H and O–H groups in total. The maximum atomic E-state index is 3.94. The van der Waals surface area contributed by atoms with Crippen molar-refractivity contribution in [2.45, 2.75) is 13.8 Å². The van der Waals surface area contributed by atoms with Crippen LogP contribution in [0.25, 0.3) is 0 Å². The van der Waals surface area contributed by atoms with Gasteiger partial charge in [-0.2, -0.15) is 0 Å². The molecule has 0 aliphatic heterocycles. The zero-order chi connectivity index (χ0) is 7.98. The zero-order valence-electron chi connectivity index (χ0n) is 6.81. The molecule has 0 unspecified atom stereocenters. The fraction of sp³-hybridized carbons (Fsp3) is 0.375. The minimum absolute atomic E-state index is 0.913. The van der Waals surface area contributed by atoms with Crippen molar-refractivity contribution in [1.29, 1.82) is 0 Å². The van der Waals surface area contributed by atoms with Crippen LogP contribution in [0.15, 0.2) is 29.4 Å². The average molecular weight is 138 g/mol. The molecule has 0 aromatic carbocycles. The minimum atomic E-state index is 0.913. The van der Waals surface area contributed by atoms with Crippen molar-refractivity contribution in [3.63, 3.8) is 0 Å². The molecule has 2 nitrogen and oxygen atoms in total. The van der Waals surface area contributed by atoms with Gasteiger partial charge in [0.1, 0.15) is 0 Å². The van der Waals surface area contributed by atoms with E-state index in [9.17, 15) is 0 Å². The van der Waals surface area contributed by atoms with Crippen LogP contribution in [-0.2, 0) is 0 Å². The summed E-state index contributed by atoms with van der Waals surface area (Å²) in [6.45, 7) is 7.46. The molecule has 56 valence electrons. The summed E-state index contributed by atoms with van der Waals surface area (Å²) in [6, 6.07) is 0. The molecule has 0 saturated heterocycles. The van der Waals surface area contributed by atoms with Crippen molar-refractivity contribution in [2.75, 3.05) is 7.05 Å². The number of nitrogens with zero attached hydrogens (tertiary/aromatic N) is 1. The van der Waals surface area contributed by atoms with Gasteiger partial charge in [0.15, 0.2) is 0 Å². The molecule has 0 spiro atoms. The van der Waals surface area contributed by atoms with Crippen LogP contribution >= 0.6 is 0 Å². The lowest BCUT2D eigenvalue weighted by Gasteiger charge is -2.02. The second-order valence-corrected chi connectivity index (χ2v) is 2.02. The summed E-state index contributed by atoms with van der Waals surface area (Å²) in [5.41, 5.74) is 1.05. The Morgan fingerprint density at radius 2 is 2.10 bits per heavy atom. The average Bonchev–Trinajstić information content (AvgIpc) is 1.88. The van der Waals surface area contributed by atoms with Crippen molar-refractivity contribution >= 4 is 5.84 Å². The van der Waals surface area contributed by atoms with Gasteiger partial charge in [0.25, 0.3) is 0 Å². The molecular formula is C8H14N2. The number of hydrogen-bond donors (Lipinski definition) is 1. The van der Waals surface area contributed by atoms with E-state index in [1.54, 1.807) is 13.1 Å². The molecule has 0 aliphatic rings. The SMILES string of the molecule is C=C/C=C(\C)NC(C)=NC. The topological polar surface area (TPSA) is 24.4 Å². The molecule has 10 heavy (non-hydrogen) atoms. The number of aliphatic imine (C=N–C) groups is 1. The molecule has 0 aromatic heterocycles. The summed E-state index contributed by atoms with van der Waals surface area (Å²) >= 11 is 0. The van der Waals surface area contributed by atoms with Crippen LogP contribution < -0.4 is 5.32 Å². The number of nitrogens with one attached hydrogen (secondary N) is 1. The van der Waals surface area contributed by atoms with E-state index in [0.29, 0.717) is 0 Å². The van der Waals surface area contributed by atoms with Crippen LogP contribution in [0.4, 0.5) is 0 Å². The first-order valence-electron chi connectivity index (χ1n) is 3.20. The standard InChI is InChI=1S/C8H14N2/c1-5-6-7(2)10-8(3)9-4/h5-6H,1H2,2-4H3,(H,9,10)/b7-6+. The van der Waals surface area contributed by atoms with Crippen LogP contribution in [0.5, 0.6) is 0 Å². The Morgan fingerprint density at radius 3 is 2.50 bits per heavy atom. The van der Waals surface area contributed by atoms with Gasteiger partial charge in [-0.15, -0.1) is 0 Å². The molecule has 0 amide bonds. The molecule has 0 rings (SSSR count). The number of rotatable bonds is 2. The normalized spacial score (nSPS) is 13.1. The molecule has 0 aromatic rings. The lowest BCUT2D eigenvalue weighted by molar-refractivity contribution is 1.09. The van der Waals surface area contributed by atoms with E-state index in [1.807, 2.05) is 19.9 Å². The van der Waals surface area contributed by atoms with Gasteiger partial charge in [-0.3, -0.25) is 4.99 Å². The highest BCUT2D eigenvalue weighted by atomic mass is 15.0. The van der Waals surface area contributed by atoms with Gasteiger partial charge in [-0.1, -0.05) is 12.7 Å². The maximum absolute atomic E-state index is 3.94. The van der Waals surface area contributed by atoms with Crippen molar-refractivity contribution in [3.05, 3.63) is 24.4 Å². The highest BCUT2D eigenvalue weighted by Gasteiger charge is 1.86. The lowest BCUT2D eigenvalue weighted by atomic mass is 10.4. The fourth-order valence-electron chi connectivity index (χ4n) is 0.560. The van der Waals surface area contributed by atoms with Crippen LogP contribution in [0.2, 0.25) is 0 Å². The first-order chi connectivity index (χ1) is 4.70. The quantitative estimate of drug-likeness (QED) is 0.350. The highest BCUT2D eigenvalue weighted by Crippen LogP contribution is 1.86. The summed E-state index contributed by atoms with van der Waals surface area (Å²) in [4.78, 5) is 3.94. The smallest absolute Gasteiger partial charge is 0.0969 e. The van der Waals surface area contributed by atoms with E-state index >= 15 is 0 Å². The first kappa shape index (κ1) is 8.95. The predicted octanol–water partition coefficient (Wildman–Crippen LogP) is 1.71.